The highest BCUT2D eigenvalue weighted by atomic mass is 35.5. The molecule has 0 saturated heterocycles. The fourth-order valence-corrected chi connectivity index (χ4v) is 2.26. The fraction of sp³-hybridized carbons (Fsp3) is 0.385. The van der Waals surface area contributed by atoms with Crippen LogP contribution in [-0.2, 0) is 6.54 Å². The van der Waals surface area contributed by atoms with Crippen LogP contribution in [0.25, 0.3) is 0 Å². The molecule has 0 unspecified atom stereocenters. The first-order valence-electron chi connectivity index (χ1n) is 6.45. The summed E-state index contributed by atoms with van der Waals surface area (Å²) in [6.45, 7) is 5.20. The van der Waals surface area contributed by atoms with Crippen LogP contribution in [0.5, 0.6) is 0 Å². The average molecular weight is 328 g/mol. The molecular formula is C13H15Cl2N5O. The van der Waals surface area contributed by atoms with Crippen molar-refractivity contribution >= 4 is 29.1 Å². The van der Waals surface area contributed by atoms with Crippen molar-refractivity contribution in [3.8, 4) is 0 Å². The first kappa shape index (κ1) is 15.7. The molecule has 2 aromatic rings. The quantitative estimate of drug-likeness (QED) is 0.856. The highest BCUT2D eigenvalue weighted by Gasteiger charge is 2.12. The minimum atomic E-state index is -0.315. The third-order valence-corrected chi connectivity index (χ3v) is 3.36. The second-order valence-electron chi connectivity index (χ2n) is 4.63. The van der Waals surface area contributed by atoms with Crippen LogP contribution in [0.3, 0.4) is 0 Å². The molecule has 0 aliphatic heterocycles. The third-order valence-electron chi connectivity index (χ3n) is 2.90. The van der Waals surface area contributed by atoms with Crippen molar-refractivity contribution in [3.05, 3.63) is 39.4 Å². The van der Waals surface area contributed by atoms with Crippen molar-refractivity contribution in [2.24, 2.45) is 0 Å². The van der Waals surface area contributed by atoms with E-state index in [9.17, 15) is 4.79 Å². The van der Waals surface area contributed by atoms with E-state index in [1.54, 1.807) is 0 Å². The second kappa shape index (κ2) is 6.87. The van der Waals surface area contributed by atoms with Crippen LogP contribution in [0, 0.1) is 13.8 Å². The number of aromatic nitrogens is 4. The Labute approximate surface area is 132 Å². The second-order valence-corrected chi connectivity index (χ2v) is 5.38. The molecule has 0 aromatic carbocycles. The lowest BCUT2D eigenvalue weighted by atomic mass is 10.3. The van der Waals surface area contributed by atoms with E-state index in [0.717, 1.165) is 24.4 Å². The smallest absolute Gasteiger partial charge is 0.254 e. The Morgan fingerprint density at radius 3 is 2.71 bits per heavy atom. The molecule has 0 atom stereocenters. The van der Waals surface area contributed by atoms with Gasteiger partial charge in [-0.1, -0.05) is 23.2 Å². The van der Waals surface area contributed by atoms with Gasteiger partial charge in [-0.15, -0.1) is 10.2 Å². The zero-order valence-electron chi connectivity index (χ0n) is 11.7. The van der Waals surface area contributed by atoms with Crippen molar-refractivity contribution in [3.63, 3.8) is 0 Å². The highest BCUT2D eigenvalue weighted by Crippen LogP contribution is 2.15. The van der Waals surface area contributed by atoms with Crippen LogP contribution in [0.15, 0.2) is 12.1 Å². The Morgan fingerprint density at radius 1 is 1.29 bits per heavy atom. The topological polar surface area (TPSA) is 72.7 Å². The Balaban J connectivity index is 1.84. The minimum absolute atomic E-state index is 0.0374. The van der Waals surface area contributed by atoms with E-state index in [2.05, 4.69) is 20.6 Å². The van der Waals surface area contributed by atoms with Gasteiger partial charge in [0.05, 0.1) is 11.3 Å². The van der Waals surface area contributed by atoms with Gasteiger partial charge in [-0.2, -0.15) is 5.10 Å². The number of hydrogen-bond acceptors (Lipinski definition) is 4. The lowest BCUT2D eigenvalue weighted by Crippen LogP contribution is -2.26. The van der Waals surface area contributed by atoms with Crippen molar-refractivity contribution in [1.82, 2.24) is 25.3 Å². The summed E-state index contributed by atoms with van der Waals surface area (Å²) in [4.78, 5) is 12.0. The SMILES string of the molecule is Cc1cc(C)n(CCCNC(=O)c2cc(Cl)nnc2Cl)n1. The third kappa shape index (κ3) is 4.15. The number of nitrogens with zero attached hydrogens (tertiary/aromatic N) is 4. The van der Waals surface area contributed by atoms with Gasteiger partial charge in [-0.05, 0) is 32.4 Å². The minimum Gasteiger partial charge on any atom is -0.352 e. The molecule has 1 amide bonds. The lowest BCUT2D eigenvalue weighted by Gasteiger charge is -2.07. The average Bonchev–Trinajstić information content (AvgIpc) is 2.75. The van der Waals surface area contributed by atoms with Crippen molar-refractivity contribution < 1.29 is 4.79 Å². The first-order chi connectivity index (χ1) is 9.97. The Bertz CT molecular complexity index is 656. The summed E-state index contributed by atoms with van der Waals surface area (Å²) in [5.41, 5.74) is 2.32. The van der Waals surface area contributed by atoms with Crippen LogP contribution < -0.4 is 5.32 Å². The summed E-state index contributed by atoms with van der Waals surface area (Å²) >= 11 is 11.5. The van der Waals surface area contributed by atoms with E-state index in [0.29, 0.717) is 6.54 Å². The number of aryl methyl sites for hydroxylation is 3. The lowest BCUT2D eigenvalue weighted by molar-refractivity contribution is 0.0952. The fourth-order valence-electron chi connectivity index (χ4n) is 1.94. The van der Waals surface area contributed by atoms with Gasteiger partial charge in [0, 0.05) is 18.8 Å². The number of amides is 1. The monoisotopic (exact) mass is 327 g/mol. The number of rotatable bonds is 5. The maximum absolute atomic E-state index is 12.0. The molecule has 6 nitrogen and oxygen atoms in total. The summed E-state index contributed by atoms with van der Waals surface area (Å²) in [5.74, 6) is -0.315. The number of halogens is 2. The van der Waals surface area contributed by atoms with E-state index < -0.39 is 0 Å². The van der Waals surface area contributed by atoms with E-state index in [1.165, 1.54) is 6.07 Å². The molecule has 0 fully saturated rings. The number of hydrogen-bond donors (Lipinski definition) is 1. The Morgan fingerprint density at radius 2 is 2.05 bits per heavy atom. The van der Waals surface area contributed by atoms with Gasteiger partial charge in [0.1, 0.15) is 0 Å². The molecule has 2 heterocycles. The van der Waals surface area contributed by atoms with Crippen molar-refractivity contribution in [2.75, 3.05) is 6.54 Å². The zero-order valence-corrected chi connectivity index (χ0v) is 13.2. The maximum atomic E-state index is 12.0. The molecular weight excluding hydrogens is 313 g/mol. The molecule has 0 saturated carbocycles. The van der Waals surface area contributed by atoms with E-state index in [1.807, 2.05) is 24.6 Å². The van der Waals surface area contributed by atoms with E-state index in [4.69, 9.17) is 23.2 Å². The molecule has 0 radical (unpaired) electrons. The van der Waals surface area contributed by atoms with Gasteiger partial charge >= 0.3 is 0 Å². The number of carbonyl (C=O) groups is 1. The van der Waals surface area contributed by atoms with Gasteiger partial charge in [-0.25, -0.2) is 0 Å². The standard InChI is InChI=1S/C13H15Cl2N5O/c1-8-6-9(2)20(19-8)5-3-4-16-13(21)10-7-11(14)17-18-12(10)15/h6-7H,3-5H2,1-2H3,(H,16,21). The van der Waals surface area contributed by atoms with Crippen LogP contribution in [0.4, 0.5) is 0 Å². The van der Waals surface area contributed by atoms with Crippen molar-refractivity contribution in [1.29, 1.82) is 0 Å². The van der Waals surface area contributed by atoms with E-state index in [-0.39, 0.29) is 21.8 Å². The van der Waals surface area contributed by atoms with Gasteiger partial charge < -0.3 is 5.32 Å². The van der Waals surface area contributed by atoms with Crippen LogP contribution in [0.1, 0.15) is 28.2 Å². The molecule has 112 valence electrons. The van der Waals surface area contributed by atoms with Crippen molar-refractivity contribution in [2.45, 2.75) is 26.8 Å². The Kier molecular flexibility index (Phi) is 5.14. The van der Waals surface area contributed by atoms with Gasteiger partial charge in [0.15, 0.2) is 10.3 Å². The summed E-state index contributed by atoms with van der Waals surface area (Å²) in [6, 6.07) is 3.41. The maximum Gasteiger partial charge on any atom is 0.254 e. The predicted molar refractivity (Wildman–Crippen MR) is 80.7 cm³/mol. The van der Waals surface area contributed by atoms with E-state index >= 15 is 0 Å². The summed E-state index contributed by atoms with van der Waals surface area (Å²) < 4.78 is 1.92. The molecule has 2 aromatic heterocycles. The van der Waals surface area contributed by atoms with Crippen LogP contribution in [0.2, 0.25) is 10.3 Å². The predicted octanol–water partition coefficient (Wildman–Crippen LogP) is 2.42. The molecule has 8 heteroatoms. The summed E-state index contributed by atoms with van der Waals surface area (Å²) in [7, 11) is 0. The normalized spacial score (nSPS) is 10.7. The van der Waals surface area contributed by atoms with Gasteiger partial charge in [0.25, 0.3) is 5.91 Å². The molecule has 0 aliphatic carbocycles. The molecule has 0 bridgehead atoms. The number of nitrogens with one attached hydrogen (secondary N) is 1. The largest absolute Gasteiger partial charge is 0.352 e. The summed E-state index contributed by atoms with van der Waals surface area (Å²) in [6.07, 6.45) is 0.761. The molecule has 2 rings (SSSR count). The summed E-state index contributed by atoms with van der Waals surface area (Å²) in [5, 5.41) is 14.5. The highest BCUT2D eigenvalue weighted by molar-refractivity contribution is 6.34. The van der Waals surface area contributed by atoms with Gasteiger partial charge in [0.2, 0.25) is 0 Å². The van der Waals surface area contributed by atoms with Gasteiger partial charge in [-0.3, -0.25) is 9.48 Å². The molecule has 21 heavy (non-hydrogen) atoms. The molecule has 0 aliphatic rings. The molecule has 0 spiro atoms. The number of carbonyl (C=O) groups excluding carboxylic acids is 1. The van der Waals surface area contributed by atoms with Crippen LogP contribution >= 0.6 is 23.2 Å². The Hall–Kier alpha value is -1.66. The van der Waals surface area contributed by atoms with Crippen LogP contribution in [-0.4, -0.2) is 32.4 Å². The first-order valence-corrected chi connectivity index (χ1v) is 7.21. The molecule has 1 N–H and O–H groups in total. The zero-order chi connectivity index (χ0) is 15.4.